The Morgan fingerprint density at radius 1 is 1.16 bits per heavy atom. The number of aromatic nitrogens is 2. The molecule has 1 saturated heterocycles. The van der Waals surface area contributed by atoms with Crippen LogP contribution in [0.3, 0.4) is 0 Å². The molecule has 1 amide bonds. The summed E-state index contributed by atoms with van der Waals surface area (Å²) < 4.78 is 34.6. The summed E-state index contributed by atoms with van der Waals surface area (Å²) in [5, 5.41) is 0. The first-order chi connectivity index (χ1) is 15.4. The van der Waals surface area contributed by atoms with Gasteiger partial charge in [0.25, 0.3) is 0 Å². The molecule has 0 spiro atoms. The van der Waals surface area contributed by atoms with Gasteiger partial charge in [-0.15, -0.1) is 0 Å². The molecule has 2 fully saturated rings. The van der Waals surface area contributed by atoms with Crippen LogP contribution in [0.2, 0.25) is 0 Å². The van der Waals surface area contributed by atoms with Crippen molar-refractivity contribution in [1.29, 1.82) is 0 Å². The van der Waals surface area contributed by atoms with Gasteiger partial charge in [0.15, 0.2) is 0 Å². The number of rotatable bonds is 6. The van der Waals surface area contributed by atoms with E-state index in [0.717, 1.165) is 24.2 Å². The monoisotopic (exact) mass is 462 g/mol. The van der Waals surface area contributed by atoms with Crippen LogP contribution in [0.1, 0.15) is 50.8 Å². The number of benzene rings is 1. The van der Waals surface area contributed by atoms with Crippen LogP contribution >= 0.6 is 0 Å². The molecule has 1 saturated carbocycles. The highest BCUT2D eigenvalue weighted by molar-refractivity contribution is 7.89. The van der Waals surface area contributed by atoms with Crippen LogP contribution < -0.4 is 0 Å². The van der Waals surface area contributed by atoms with Crippen molar-refractivity contribution < 1.29 is 17.9 Å². The van der Waals surface area contributed by atoms with Crippen LogP contribution in [0.4, 0.5) is 0 Å². The van der Waals surface area contributed by atoms with Gasteiger partial charge < -0.3 is 14.2 Å². The predicted octanol–water partition coefficient (Wildman–Crippen LogP) is 2.71. The van der Waals surface area contributed by atoms with Gasteiger partial charge in [0, 0.05) is 46.1 Å². The van der Waals surface area contributed by atoms with Gasteiger partial charge in [-0.2, -0.15) is 4.31 Å². The molecule has 0 radical (unpaired) electrons. The van der Waals surface area contributed by atoms with Crippen molar-refractivity contribution in [1.82, 2.24) is 18.8 Å². The molecule has 0 atom stereocenters. The summed E-state index contributed by atoms with van der Waals surface area (Å²) in [5.74, 6) is 0.947. The van der Waals surface area contributed by atoms with E-state index in [2.05, 4.69) is 4.98 Å². The Morgan fingerprint density at radius 2 is 1.84 bits per heavy atom. The van der Waals surface area contributed by atoms with Gasteiger partial charge in [-0.3, -0.25) is 4.79 Å². The third-order valence-corrected chi connectivity index (χ3v) is 8.78. The quantitative estimate of drug-likeness (QED) is 0.617. The lowest BCUT2D eigenvalue weighted by molar-refractivity contribution is -0.132. The molecule has 2 heterocycles. The predicted molar refractivity (Wildman–Crippen MR) is 123 cm³/mol. The summed E-state index contributed by atoms with van der Waals surface area (Å²) in [4.78, 5) is 19.7. The summed E-state index contributed by atoms with van der Waals surface area (Å²) in [7, 11) is 0.277. The Hall–Kier alpha value is -1.97. The van der Waals surface area contributed by atoms with E-state index in [1.54, 1.807) is 18.2 Å². The molecule has 8 nitrogen and oxygen atoms in total. The van der Waals surface area contributed by atoms with E-state index in [4.69, 9.17) is 4.74 Å². The standard InChI is InChI=1S/C23H34N4O4S/c1-25(18-7-5-3-4-6-8-18)23(28)12-11-22-24-20-17-19(9-10-21(20)26(22)2)32(29,30)27-13-15-31-16-14-27/h9-10,17-18H,3-8,11-16H2,1-2H3. The Kier molecular flexibility index (Phi) is 7.17. The molecule has 4 rings (SSSR count). The maximum absolute atomic E-state index is 13.0. The first-order valence-electron chi connectivity index (χ1n) is 11.7. The van der Waals surface area contributed by atoms with Crippen LogP contribution in [0.15, 0.2) is 23.1 Å². The number of carbonyl (C=O) groups excluding carboxylic acids is 1. The number of hydrogen-bond acceptors (Lipinski definition) is 5. The molecular weight excluding hydrogens is 428 g/mol. The van der Waals surface area contributed by atoms with Crippen molar-refractivity contribution in [3.8, 4) is 0 Å². The lowest BCUT2D eigenvalue weighted by Gasteiger charge is -2.27. The van der Waals surface area contributed by atoms with E-state index in [9.17, 15) is 13.2 Å². The van der Waals surface area contributed by atoms with E-state index in [1.165, 1.54) is 30.0 Å². The van der Waals surface area contributed by atoms with Crippen LogP contribution in [0.25, 0.3) is 11.0 Å². The third-order valence-electron chi connectivity index (χ3n) is 6.88. The van der Waals surface area contributed by atoms with Crippen LogP contribution in [0.5, 0.6) is 0 Å². The molecule has 176 valence electrons. The SMILES string of the molecule is CN(C(=O)CCc1nc2cc(S(=O)(=O)N3CCOCC3)ccc2n1C)C1CCCCCC1. The number of nitrogens with zero attached hydrogens (tertiary/aromatic N) is 4. The number of ether oxygens (including phenoxy) is 1. The van der Waals surface area contributed by atoms with E-state index >= 15 is 0 Å². The highest BCUT2D eigenvalue weighted by Gasteiger charge is 2.27. The molecular formula is C23H34N4O4S. The second kappa shape index (κ2) is 9.89. The molecule has 1 aliphatic carbocycles. The second-order valence-corrected chi connectivity index (χ2v) is 10.8. The first-order valence-corrected chi connectivity index (χ1v) is 13.1. The van der Waals surface area contributed by atoms with Gasteiger partial charge in [0.1, 0.15) is 5.82 Å². The zero-order valence-electron chi connectivity index (χ0n) is 19.1. The number of morpholine rings is 1. The van der Waals surface area contributed by atoms with Crippen molar-refractivity contribution in [2.24, 2.45) is 7.05 Å². The topological polar surface area (TPSA) is 84.7 Å². The summed E-state index contributed by atoms with van der Waals surface area (Å²) in [5.41, 5.74) is 1.51. The Bertz CT molecular complexity index is 1050. The summed E-state index contributed by atoms with van der Waals surface area (Å²) in [6.07, 6.45) is 8.05. The molecule has 0 N–H and O–H groups in total. The average molecular weight is 463 g/mol. The first kappa shape index (κ1) is 23.2. The van der Waals surface area contributed by atoms with Gasteiger partial charge in [0.05, 0.1) is 29.1 Å². The fraction of sp³-hybridized carbons (Fsp3) is 0.652. The fourth-order valence-electron chi connectivity index (χ4n) is 4.79. The minimum Gasteiger partial charge on any atom is -0.379 e. The third kappa shape index (κ3) is 4.84. The Balaban J connectivity index is 1.46. The van der Waals surface area contributed by atoms with Crippen LogP contribution in [0, 0.1) is 0 Å². The summed E-state index contributed by atoms with van der Waals surface area (Å²) in [6.45, 7) is 1.56. The van der Waals surface area contributed by atoms with Crippen molar-refractivity contribution in [2.75, 3.05) is 33.4 Å². The number of carbonyl (C=O) groups is 1. The molecule has 0 bridgehead atoms. The molecule has 9 heteroatoms. The van der Waals surface area contributed by atoms with Crippen molar-refractivity contribution >= 4 is 27.0 Å². The van der Waals surface area contributed by atoms with Gasteiger partial charge in [-0.05, 0) is 31.0 Å². The lowest BCUT2D eigenvalue weighted by atomic mass is 10.1. The zero-order valence-corrected chi connectivity index (χ0v) is 19.9. The molecule has 32 heavy (non-hydrogen) atoms. The fourth-order valence-corrected chi connectivity index (χ4v) is 6.22. The van der Waals surface area contributed by atoms with Gasteiger partial charge in [-0.1, -0.05) is 25.7 Å². The summed E-state index contributed by atoms with van der Waals surface area (Å²) >= 11 is 0. The van der Waals surface area contributed by atoms with E-state index < -0.39 is 10.0 Å². The molecule has 1 aromatic carbocycles. The largest absolute Gasteiger partial charge is 0.379 e. The molecule has 2 aliphatic rings. The van der Waals surface area contributed by atoms with Gasteiger partial charge >= 0.3 is 0 Å². The number of imidazole rings is 1. The molecule has 1 aromatic heterocycles. The minimum absolute atomic E-state index is 0.152. The number of amides is 1. The maximum Gasteiger partial charge on any atom is 0.243 e. The molecule has 1 aliphatic heterocycles. The number of hydrogen-bond donors (Lipinski definition) is 0. The minimum atomic E-state index is -3.57. The van der Waals surface area contributed by atoms with Gasteiger partial charge in [-0.25, -0.2) is 13.4 Å². The smallest absolute Gasteiger partial charge is 0.243 e. The van der Waals surface area contributed by atoms with E-state index in [-0.39, 0.29) is 10.8 Å². The lowest BCUT2D eigenvalue weighted by Crippen LogP contribution is -2.40. The Labute approximate surface area is 190 Å². The van der Waals surface area contributed by atoms with Crippen molar-refractivity contribution in [3.05, 3.63) is 24.0 Å². The number of sulfonamides is 1. The van der Waals surface area contributed by atoms with E-state index in [1.807, 2.05) is 23.6 Å². The van der Waals surface area contributed by atoms with Gasteiger partial charge in [0.2, 0.25) is 15.9 Å². The zero-order chi connectivity index (χ0) is 22.7. The summed E-state index contributed by atoms with van der Waals surface area (Å²) in [6, 6.07) is 5.43. The molecule has 2 aromatic rings. The number of aryl methyl sites for hydroxylation is 2. The normalized spacial score (nSPS) is 19.2. The number of fused-ring (bicyclic) bond motifs is 1. The Morgan fingerprint density at radius 3 is 2.53 bits per heavy atom. The van der Waals surface area contributed by atoms with Crippen molar-refractivity contribution in [2.45, 2.75) is 62.3 Å². The molecule has 0 unspecified atom stereocenters. The average Bonchev–Trinajstić information content (AvgIpc) is 2.97. The second-order valence-electron chi connectivity index (χ2n) is 8.90. The van der Waals surface area contributed by atoms with Crippen LogP contribution in [-0.4, -0.2) is 72.5 Å². The van der Waals surface area contributed by atoms with E-state index in [0.29, 0.717) is 50.7 Å². The maximum atomic E-state index is 13.0. The highest BCUT2D eigenvalue weighted by atomic mass is 32.2. The highest BCUT2D eigenvalue weighted by Crippen LogP contribution is 2.24. The van der Waals surface area contributed by atoms with Crippen LogP contribution in [-0.2, 0) is 33.0 Å². The van der Waals surface area contributed by atoms with Crippen molar-refractivity contribution in [3.63, 3.8) is 0 Å².